The number of halogens is 1. The zero-order chi connectivity index (χ0) is 15.4. The van der Waals surface area contributed by atoms with Crippen molar-refractivity contribution in [2.75, 3.05) is 0 Å². The number of nitrogens with one attached hydrogen (secondary N) is 1. The van der Waals surface area contributed by atoms with Gasteiger partial charge in [-0.05, 0) is 62.8 Å². The third kappa shape index (κ3) is 4.95. The second-order valence-corrected chi connectivity index (χ2v) is 7.08. The molecule has 2 fully saturated rings. The van der Waals surface area contributed by atoms with E-state index in [-0.39, 0.29) is 24.2 Å². The van der Waals surface area contributed by atoms with Gasteiger partial charge in [0, 0.05) is 18.0 Å². The van der Waals surface area contributed by atoms with E-state index >= 15 is 0 Å². The topological polar surface area (TPSA) is 55.1 Å². The van der Waals surface area contributed by atoms with Gasteiger partial charge in [0.05, 0.1) is 0 Å². The molecule has 0 aromatic heterocycles. The van der Waals surface area contributed by atoms with Crippen LogP contribution in [0.15, 0.2) is 30.3 Å². The number of hydrogen-bond donors (Lipinski definition) is 2. The van der Waals surface area contributed by atoms with Crippen molar-refractivity contribution in [3.05, 3.63) is 35.9 Å². The minimum absolute atomic E-state index is 0. The fourth-order valence-electron chi connectivity index (χ4n) is 4.00. The molecule has 1 aromatic rings. The van der Waals surface area contributed by atoms with Crippen molar-refractivity contribution in [2.45, 2.75) is 69.4 Å². The molecule has 3 rings (SSSR count). The Balaban J connectivity index is 0.00000192. The number of benzene rings is 1. The molecule has 0 radical (unpaired) electrons. The zero-order valence-corrected chi connectivity index (χ0v) is 14.6. The van der Waals surface area contributed by atoms with Crippen LogP contribution in [0, 0.1) is 5.92 Å². The molecule has 0 saturated heterocycles. The van der Waals surface area contributed by atoms with E-state index in [1.807, 2.05) is 0 Å². The monoisotopic (exact) mass is 336 g/mol. The van der Waals surface area contributed by atoms with Crippen LogP contribution in [0.25, 0.3) is 0 Å². The van der Waals surface area contributed by atoms with E-state index < -0.39 is 0 Å². The Morgan fingerprint density at radius 1 is 0.913 bits per heavy atom. The molecule has 0 aliphatic heterocycles. The largest absolute Gasteiger partial charge is 0.353 e. The van der Waals surface area contributed by atoms with Crippen LogP contribution in [0.2, 0.25) is 0 Å². The van der Waals surface area contributed by atoms with E-state index in [1.54, 1.807) is 0 Å². The average molecular weight is 337 g/mol. The lowest BCUT2D eigenvalue weighted by molar-refractivity contribution is -0.127. The van der Waals surface area contributed by atoms with Gasteiger partial charge >= 0.3 is 0 Å². The number of carbonyl (C=O) groups is 1. The maximum Gasteiger partial charge on any atom is 0.223 e. The first-order chi connectivity index (χ1) is 10.7. The van der Waals surface area contributed by atoms with Crippen LogP contribution in [-0.2, 0) is 4.79 Å². The summed E-state index contributed by atoms with van der Waals surface area (Å²) in [5.74, 6) is 1.14. The number of amides is 1. The molecule has 0 spiro atoms. The molecule has 0 atom stereocenters. The highest BCUT2D eigenvalue weighted by Crippen LogP contribution is 2.35. The number of rotatable bonds is 3. The van der Waals surface area contributed by atoms with Gasteiger partial charge in [0.1, 0.15) is 0 Å². The van der Waals surface area contributed by atoms with Crippen LogP contribution in [0.3, 0.4) is 0 Å². The molecule has 128 valence electrons. The SMILES string of the molecule is Cl.NC1CCC(NC(=O)C2CCC(c3ccccc3)CC2)CC1. The van der Waals surface area contributed by atoms with E-state index in [9.17, 15) is 4.79 Å². The van der Waals surface area contributed by atoms with Gasteiger partial charge in [-0.2, -0.15) is 0 Å². The van der Waals surface area contributed by atoms with Gasteiger partial charge in [0.25, 0.3) is 0 Å². The van der Waals surface area contributed by atoms with Crippen molar-refractivity contribution in [1.29, 1.82) is 0 Å². The van der Waals surface area contributed by atoms with E-state index in [1.165, 1.54) is 5.56 Å². The molecule has 0 bridgehead atoms. The first-order valence-electron chi connectivity index (χ1n) is 8.83. The van der Waals surface area contributed by atoms with Crippen molar-refractivity contribution >= 4 is 18.3 Å². The Kier molecular flexibility index (Phi) is 6.91. The first-order valence-corrected chi connectivity index (χ1v) is 8.83. The van der Waals surface area contributed by atoms with Crippen LogP contribution >= 0.6 is 12.4 Å². The highest BCUT2D eigenvalue weighted by atomic mass is 35.5. The van der Waals surface area contributed by atoms with E-state index in [4.69, 9.17) is 5.73 Å². The third-order valence-corrected chi connectivity index (χ3v) is 5.49. The smallest absolute Gasteiger partial charge is 0.223 e. The van der Waals surface area contributed by atoms with Crippen molar-refractivity contribution in [3.8, 4) is 0 Å². The van der Waals surface area contributed by atoms with E-state index in [0.717, 1.165) is 51.4 Å². The summed E-state index contributed by atoms with van der Waals surface area (Å²) in [5, 5.41) is 3.27. The minimum atomic E-state index is 0. The molecule has 4 heteroatoms. The highest BCUT2D eigenvalue weighted by molar-refractivity contribution is 5.85. The van der Waals surface area contributed by atoms with Gasteiger partial charge in [-0.1, -0.05) is 30.3 Å². The summed E-state index contributed by atoms with van der Waals surface area (Å²) in [4.78, 5) is 12.4. The molecular weight excluding hydrogens is 308 g/mol. The minimum Gasteiger partial charge on any atom is -0.353 e. The summed E-state index contributed by atoms with van der Waals surface area (Å²) in [5.41, 5.74) is 7.36. The Hall–Kier alpha value is -1.06. The third-order valence-electron chi connectivity index (χ3n) is 5.49. The number of hydrogen-bond acceptors (Lipinski definition) is 2. The molecule has 2 aliphatic carbocycles. The first kappa shape index (κ1) is 18.3. The van der Waals surface area contributed by atoms with Crippen LogP contribution in [-0.4, -0.2) is 18.0 Å². The number of nitrogens with two attached hydrogens (primary N) is 1. The predicted octanol–water partition coefficient (Wildman–Crippen LogP) is 3.77. The molecule has 1 aromatic carbocycles. The van der Waals surface area contributed by atoms with Gasteiger partial charge in [0.15, 0.2) is 0 Å². The fraction of sp³-hybridized carbons (Fsp3) is 0.632. The molecule has 3 N–H and O–H groups in total. The quantitative estimate of drug-likeness (QED) is 0.882. The Labute approximate surface area is 145 Å². The summed E-state index contributed by atoms with van der Waals surface area (Å²) >= 11 is 0. The highest BCUT2D eigenvalue weighted by Gasteiger charge is 2.29. The Morgan fingerprint density at radius 2 is 1.52 bits per heavy atom. The second kappa shape index (κ2) is 8.70. The summed E-state index contributed by atoms with van der Waals surface area (Å²) in [6.45, 7) is 0. The maximum absolute atomic E-state index is 12.4. The predicted molar refractivity (Wildman–Crippen MR) is 96.8 cm³/mol. The Morgan fingerprint density at radius 3 is 2.13 bits per heavy atom. The zero-order valence-electron chi connectivity index (χ0n) is 13.7. The van der Waals surface area contributed by atoms with Gasteiger partial charge in [-0.25, -0.2) is 0 Å². The molecule has 2 aliphatic rings. The molecule has 3 nitrogen and oxygen atoms in total. The van der Waals surface area contributed by atoms with Gasteiger partial charge < -0.3 is 11.1 Å². The molecule has 0 unspecified atom stereocenters. The average Bonchev–Trinajstić information content (AvgIpc) is 2.58. The van der Waals surface area contributed by atoms with E-state index in [2.05, 4.69) is 35.6 Å². The lowest BCUT2D eigenvalue weighted by Gasteiger charge is -2.31. The molecular formula is C19H29ClN2O. The summed E-state index contributed by atoms with van der Waals surface area (Å²) in [6.07, 6.45) is 8.51. The van der Waals surface area contributed by atoms with Crippen molar-refractivity contribution < 1.29 is 4.79 Å². The normalized spacial score (nSPS) is 31.0. The van der Waals surface area contributed by atoms with Crippen LogP contribution in [0.4, 0.5) is 0 Å². The summed E-state index contributed by atoms with van der Waals surface area (Å²) in [7, 11) is 0. The molecule has 0 heterocycles. The van der Waals surface area contributed by atoms with E-state index in [0.29, 0.717) is 18.0 Å². The number of carbonyl (C=O) groups excluding carboxylic acids is 1. The van der Waals surface area contributed by atoms with Crippen molar-refractivity contribution in [2.24, 2.45) is 11.7 Å². The summed E-state index contributed by atoms with van der Waals surface area (Å²) in [6, 6.07) is 11.4. The van der Waals surface area contributed by atoms with Crippen LogP contribution in [0.5, 0.6) is 0 Å². The van der Waals surface area contributed by atoms with Crippen molar-refractivity contribution in [1.82, 2.24) is 5.32 Å². The molecule has 23 heavy (non-hydrogen) atoms. The molecule has 1 amide bonds. The molecule has 2 saturated carbocycles. The maximum atomic E-state index is 12.4. The lowest BCUT2D eigenvalue weighted by Crippen LogP contribution is -2.43. The summed E-state index contributed by atoms with van der Waals surface area (Å²) < 4.78 is 0. The van der Waals surface area contributed by atoms with Gasteiger partial charge in [-0.15, -0.1) is 12.4 Å². The second-order valence-electron chi connectivity index (χ2n) is 7.08. The van der Waals surface area contributed by atoms with Crippen LogP contribution in [0.1, 0.15) is 62.8 Å². The van der Waals surface area contributed by atoms with Crippen LogP contribution < -0.4 is 11.1 Å². The lowest BCUT2D eigenvalue weighted by atomic mass is 9.78. The van der Waals surface area contributed by atoms with Gasteiger partial charge in [0.2, 0.25) is 5.91 Å². The standard InChI is InChI=1S/C19H28N2O.ClH/c20-17-10-12-18(13-11-17)21-19(22)16-8-6-15(7-9-16)14-4-2-1-3-5-14;/h1-5,15-18H,6-13,20H2,(H,21,22);1H. The fourth-order valence-corrected chi connectivity index (χ4v) is 4.00. The van der Waals surface area contributed by atoms with Gasteiger partial charge in [-0.3, -0.25) is 4.79 Å². The van der Waals surface area contributed by atoms with Crippen molar-refractivity contribution in [3.63, 3.8) is 0 Å². The Bertz CT molecular complexity index is 477.